The highest BCUT2D eigenvalue weighted by molar-refractivity contribution is 9.11. The predicted octanol–water partition coefficient (Wildman–Crippen LogP) is 2.79. The Morgan fingerprint density at radius 1 is 1.38 bits per heavy atom. The molecule has 5 nitrogen and oxygen atoms in total. The molecule has 1 aromatic carbocycles. The van der Waals surface area contributed by atoms with Crippen LogP contribution in [0.15, 0.2) is 32.4 Å². The SMILES string of the molecule is Oc1c(Br)cc(Br)cc1/C=N/c1ncn[nH]1. The summed E-state index contributed by atoms with van der Waals surface area (Å²) in [4.78, 5) is 7.86. The van der Waals surface area contributed by atoms with Crippen LogP contribution in [-0.4, -0.2) is 26.5 Å². The second-order valence-electron chi connectivity index (χ2n) is 2.89. The van der Waals surface area contributed by atoms with Crippen molar-refractivity contribution >= 4 is 44.0 Å². The van der Waals surface area contributed by atoms with Gasteiger partial charge < -0.3 is 5.11 Å². The number of rotatable bonds is 2. The molecule has 7 heteroatoms. The van der Waals surface area contributed by atoms with Crippen molar-refractivity contribution in [2.75, 3.05) is 0 Å². The second kappa shape index (κ2) is 4.75. The first kappa shape index (κ1) is 11.3. The first-order chi connectivity index (χ1) is 7.66. The minimum atomic E-state index is 0.131. The lowest BCUT2D eigenvalue weighted by Gasteiger charge is -2.01. The monoisotopic (exact) mass is 344 g/mol. The lowest BCUT2D eigenvalue weighted by Crippen LogP contribution is -1.84. The van der Waals surface area contributed by atoms with Crippen LogP contribution in [0, 0.1) is 0 Å². The molecule has 0 amide bonds. The fourth-order valence-electron chi connectivity index (χ4n) is 1.08. The van der Waals surface area contributed by atoms with Crippen LogP contribution in [0.4, 0.5) is 5.95 Å². The molecule has 0 atom stereocenters. The number of H-pyrrole nitrogens is 1. The fourth-order valence-corrected chi connectivity index (χ4v) is 2.33. The number of aromatic amines is 1. The number of nitrogens with zero attached hydrogens (tertiary/aromatic N) is 3. The first-order valence-electron chi connectivity index (χ1n) is 4.24. The van der Waals surface area contributed by atoms with Crippen LogP contribution in [-0.2, 0) is 0 Å². The summed E-state index contributed by atoms with van der Waals surface area (Å²) in [5, 5.41) is 16.0. The molecule has 1 heterocycles. The highest BCUT2D eigenvalue weighted by Gasteiger charge is 2.05. The number of hydrogen-bond donors (Lipinski definition) is 2. The van der Waals surface area contributed by atoms with Gasteiger partial charge in [-0.2, -0.15) is 10.1 Å². The largest absolute Gasteiger partial charge is 0.506 e. The van der Waals surface area contributed by atoms with E-state index in [4.69, 9.17) is 0 Å². The third-order valence-corrected chi connectivity index (χ3v) is 2.85. The van der Waals surface area contributed by atoms with Gasteiger partial charge in [0.25, 0.3) is 0 Å². The van der Waals surface area contributed by atoms with Gasteiger partial charge in [-0.1, -0.05) is 15.9 Å². The van der Waals surface area contributed by atoms with Crippen molar-refractivity contribution in [3.05, 3.63) is 33.0 Å². The summed E-state index contributed by atoms with van der Waals surface area (Å²) in [5.74, 6) is 0.516. The molecule has 16 heavy (non-hydrogen) atoms. The number of nitrogens with one attached hydrogen (secondary N) is 1. The topological polar surface area (TPSA) is 74.2 Å². The molecule has 2 rings (SSSR count). The summed E-state index contributed by atoms with van der Waals surface area (Å²) in [6.07, 6.45) is 2.87. The third-order valence-electron chi connectivity index (χ3n) is 1.79. The third kappa shape index (κ3) is 2.48. The Balaban J connectivity index is 2.34. The van der Waals surface area contributed by atoms with Gasteiger partial charge in [-0.25, -0.2) is 10.1 Å². The minimum absolute atomic E-state index is 0.131. The molecule has 1 aromatic heterocycles. The quantitative estimate of drug-likeness (QED) is 0.822. The summed E-state index contributed by atoms with van der Waals surface area (Å²) in [5.41, 5.74) is 0.581. The van der Waals surface area contributed by atoms with Crippen LogP contribution >= 0.6 is 31.9 Å². The molecular weight excluding hydrogens is 340 g/mol. The van der Waals surface area contributed by atoms with Crippen molar-refractivity contribution in [2.45, 2.75) is 0 Å². The maximum absolute atomic E-state index is 9.75. The van der Waals surface area contributed by atoms with E-state index in [2.05, 4.69) is 52.0 Å². The number of aromatic nitrogens is 3. The zero-order chi connectivity index (χ0) is 11.5. The number of hydrogen-bond acceptors (Lipinski definition) is 4. The van der Waals surface area contributed by atoms with E-state index in [9.17, 15) is 5.11 Å². The summed E-state index contributed by atoms with van der Waals surface area (Å²) in [7, 11) is 0. The maximum Gasteiger partial charge on any atom is 0.245 e. The van der Waals surface area contributed by atoms with Gasteiger partial charge in [0.15, 0.2) is 0 Å². The van der Waals surface area contributed by atoms with Gasteiger partial charge in [-0.3, -0.25) is 0 Å². The molecule has 2 aromatic rings. The van der Waals surface area contributed by atoms with E-state index in [-0.39, 0.29) is 5.75 Å². The molecule has 0 aliphatic carbocycles. The van der Waals surface area contributed by atoms with Crippen molar-refractivity contribution in [3.8, 4) is 5.75 Å². The number of aliphatic imine (C=N–C) groups is 1. The van der Waals surface area contributed by atoms with Gasteiger partial charge in [0.05, 0.1) is 4.47 Å². The maximum atomic E-state index is 9.75. The van der Waals surface area contributed by atoms with Crippen LogP contribution in [0.2, 0.25) is 0 Å². The highest BCUT2D eigenvalue weighted by atomic mass is 79.9. The molecule has 0 saturated carbocycles. The number of phenolic OH excluding ortho intramolecular Hbond substituents is 1. The van der Waals surface area contributed by atoms with Crippen molar-refractivity contribution in [1.82, 2.24) is 15.2 Å². The Morgan fingerprint density at radius 3 is 2.88 bits per heavy atom. The van der Waals surface area contributed by atoms with E-state index in [1.165, 1.54) is 12.5 Å². The molecule has 0 aliphatic rings. The average Bonchev–Trinajstić information content (AvgIpc) is 2.74. The fraction of sp³-hybridized carbons (Fsp3) is 0. The van der Waals surface area contributed by atoms with Crippen molar-refractivity contribution in [3.63, 3.8) is 0 Å². The summed E-state index contributed by atoms with van der Waals surface area (Å²) in [6, 6.07) is 3.50. The van der Waals surface area contributed by atoms with E-state index in [0.29, 0.717) is 16.0 Å². The molecule has 0 fully saturated rings. The van der Waals surface area contributed by atoms with E-state index >= 15 is 0 Å². The zero-order valence-corrected chi connectivity index (χ0v) is 11.0. The van der Waals surface area contributed by atoms with Gasteiger partial charge in [-0.05, 0) is 28.1 Å². The van der Waals surface area contributed by atoms with Crippen molar-refractivity contribution in [1.29, 1.82) is 0 Å². The smallest absolute Gasteiger partial charge is 0.245 e. The number of halogens is 2. The Kier molecular flexibility index (Phi) is 3.35. The number of benzene rings is 1. The Morgan fingerprint density at radius 2 is 2.19 bits per heavy atom. The van der Waals surface area contributed by atoms with Crippen molar-refractivity contribution < 1.29 is 5.11 Å². The van der Waals surface area contributed by atoms with Gasteiger partial charge in [-0.15, -0.1) is 0 Å². The van der Waals surface area contributed by atoms with Crippen LogP contribution in [0.3, 0.4) is 0 Å². The molecule has 2 N–H and O–H groups in total. The lowest BCUT2D eigenvalue weighted by molar-refractivity contribution is 0.471. The molecule has 0 saturated heterocycles. The Labute approximate surface area is 108 Å². The summed E-state index contributed by atoms with van der Waals surface area (Å²) < 4.78 is 1.44. The van der Waals surface area contributed by atoms with E-state index in [1.54, 1.807) is 12.1 Å². The molecule has 0 bridgehead atoms. The van der Waals surface area contributed by atoms with Crippen molar-refractivity contribution in [2.24, 2.45) is 4.99 Å². The van der Waals surface area contributed by atoms with Gasteiger partial charge in [0.2, 0.25) is 5.95 Å². The number of aromatic hydroxyl groups is 1. The van der Waals surface area contributed by atoms with Crippen LogP contribution < -0.4 is 0 Å². The van der Waals surface area contributed by atoms with E-state index in [0.717, 1.165) is 4.47 Å². The average molecular weight is 346 g/mol. The summed E-state index contributed by atoms with van der Waals surface area (Å²) in [6.45, 7) is 0. The summed E-state index contributed by atoms with van der Waals surface area (Å²) >= 11 is 6.57. The van der Waals surface area contributed by atoms with Crippen LogP contribution in [0.25, 0.3) is 0 Å². The van der Waals surface area contributed by atoms with Gasteiger partial charge >= 0.3 is 0 Å². The molecule has 0 radical (unpaired) electrons. The standard InChI is InChI=1S/C9H6Br2N4O/c10-6-1-5(8(16)7(11)2-6)3-12-9-13-4-14-15-9/h1-4,16H,(H,13,14,15)/b12-3+. The molecule has 0 spiro atoms. The molecule has 0 unspecified atom stereocenters. The first-order valence-corrected chi connectivity index (χ1v) is 5.83. The highest BCUT2D eigenvalue weighted by Crippen LogP contribution is 2.30. The molecular formula is C9H6Br2N4O. The van der Waals surface area contributed by atoms with Gasteiger partial charge in [0, 0.05) is 16.3 Å². The Hall–Kier alpha value is -1.21. The lowest BCUT2D eigenvalue weighted by atomic mass is 10.2. The molecule has 0 aliphatic heterocycles. The number of phenols is 1. The van der Waals surface area contributed by atoms with Crippen LogP contribution in [0.1, 0.15) is 5.56 Å². The normalized spacial score (nSPS) is 11.1. The minimum Gasteiger partial charge on any atom is -0.506 e. The zero-order valence-electron chi connectivity index (χ0n) is 7.85. The molecule has 82 valence electrons. The predicted molar refractivity (Wildman–Crippen MR) is 67.1 cm³/mol. The van der Waals surface area contributed by atoms with E-state index in [1.807, 2.05) is 0 Å². The Bertz CT molecular complexity index is 525. The van der Waals surface area contributed by atoms with Gasteiger partial charge in [0.1, 0.15) is 12.1 Å². The van der Waals surface area contributed by atoms with Crippen LogP contribution in [0.5, 0.6) is 5.75 Å². The second-order valence-corrected chi connectivity index (χ2v) is 4.66. The van der Waals surface area contributed by atoms with E-state index < -0.39 is 0 Å².